The summed E-state index contributed by atoms with van der Waals surface area (Å²) in [6.07, 6.45) is 2.31. The molecule has 28 heavy (non-hydrogen) atoms. The SMILES string of the molecule is Cc1cccc(NC(=O)CN2CCN(c3cc(Cl)nc(C4CC4)n3)CC2)c1C. The molecule has 2 fully saturated rings. The molecule has 0 spiro atoms. The van der Waals surface area contributed by atoms with Crippen molar-refractivity contribution < 1.29 is 4.79 Å². The van der Waals surface area contributed by atoms with Gasteiger partial charge in [-0.1, -0.05) is 23.7 Å². The standard InChI is InChI=1S/C21H26ClN5O/c1-14-4-3-5-17(15(14)2)23-20(28)13-26-8-10-27(11-9-26)19-12-18(22)24-21(25-19)16-6-7-16/h3-5,12,16H,6-11,13H2,1-2H3,(H,23,28). The second-order valence-electron chi connectivity index (χ2n) is 7.74. The predicted octanol–water partition coefficient (Wildman–Crippen LogP) is 3.38. The molecule has 0 atom stereocenters. The largest absolute Gasteiger partial charge is 0.354 e. The number of hydrogen-bond acceptors (Lipinski definition) is 5. The van der Waals surface area contributed by atoms with Crippen molar-refractivity contribution in [1.29, 1.82) is 0 Å². The highest BCUT2D eigenvalue weighted by molar-refractivity contribution is 6.29. The summed E-state index contributed by atoms with van der Waals surface area (Å²) in [7, 11) is 0. The van der Waals surface area contributed by atoms with Crippen LogP contribution in [0.3, 0.4) is 0 Å². The zero-order chi connectivity index (χ0) is 19.7. The monoisotopic (exact) mass is 399 g/mol. The van der Waals surface area contributed by atoms with Crippen LogP contribution in [0.1, 0.15) is 35.7 Å². The highest BCUT2D eigenvalue weighted by Gasteiger charge is 2.28. The predicted molar refractivity (Wildman–Crippen MR) is 112 cm³/mol. The van der Waals surface area contributed by atoms with Crippen LogP contribution in [0.5, 0.6) is 0 Å². The van der Waals surface area contributed by atoms with Crippen LogP contribution in [0.2, 0.25) is 5.15 Å². The van der Waals surface area contributed by atoms with Gasteiger partial charge in [0.1, 0.15) is 16.8 Å². The van der Waals surface area contributed by atoms with Gasteiger partial charge in [-0.05, 0) is 43.9 Å². The molecule has 0 unspecified atom stereocenters. The van der Waals surface area contributed by atoms with Gasteiger partial charge in [0.05, 0.1) is 6.54 Å². The van der Waals surface area contributed by atoms with Crippen molar-refractivity contribution in [2.45, 2.75) is 32.6 Å². The number of anilines is 2. The Kier molecular flexibility index (Phi) is 5.51. The maximum absolute atomic E-state index is 12.5. The summed E-state index contributed by atoms with van der Waals surface area (Å²) in [6.45, 7) is 7.79. The highest BCUT2D eigenvalue weighted by Crippen LogP contribution is 2.39. The minimum atomic E-state index is 0.0308. The number of benzene rings is 1. The van der Waals surface area contributed by atoms with Gasteiger partial charge in [0.25, 0.3) is 0 Å². The summed E-state index contributed by atoms with van der Waals surface area (Å²) in [4.78, 5) is 26.0. The van der Waals surface area contributed by atoms with Gasteiger partial charge in [-0.15, -0.1) is 0 Å². The van der Waals surface area contributed by atoms with Gasteiger partial charge >= 0.3 is 0 Å². The van der Waals surface area contributed by atoms with Crippen LogP contribution in [0.25, 0.3) is 0 Å². The summed E-state index contributed by atoms with van der Waals surface area (Å²) < 4.78 is 0. The number of nitrogens with one attached hydrogen (secondary N) is 1. The Bertz CT molecular complexity index is 875. The summed E-state index contributed by atoms with van der Waals surface area (Å²) in [5, 5.41) is 3.56. The van der Waals surface area contributed by atoms with Crippen molar-refractivity contribution >= 4 is 29.0 Å². The van der Waals surface area contributed by atoms with Gasteiger partial charge in [0.15, 0.2) is 0 Å². The smallest absolute Gasteiger partial charge is 0.238 e. The number of carbonyl (C=O) groups is 1. The Hall–Kier alpha value is -2.18. The molecule has 1 amide bonds. The number of carbonyl (C=O) groups excluding carboxylic acids is 1. The van der Waals surface area contributed by atoms with Gasteiger partial charge in [-0.2, -0.15) is 0 Å². The van der Waals surface area contributed by atoms with E-state index in [1.54, 1.807) is 0 Å². The van der Waals surface area contributed by atoms with Crippen molar-refractivity contribution in [1.82, 2.24) is 14.9 Å². The van der Waals surface area contributed by atoms with E-state index in [1.807, 2.05) is 25.1 Å². The number of rotatable bonds is 5. The Morgan fingerprint density at radius 1 is 1.18 bits per heavy atom. The molecular formula is C21H26ClN5O. The first-order valence-corrected chi connectivity index (χ1v) is 10.3. The van der Waals surface area contributed by atoms with E-state index in [4.69, 9.17) is 16.6 Å². The molecule has 2 heterocycles. The Balaban J connectivity index is 1.32. The van der Waals surface area contributed by atoms with E-state index in [2.05, 4.69) is 33.1 Å². The zero-order valence-electron chi connectivity index (χ0n) is 16.4. The molecule has 1 N–H and O–H groups in total. The number of nitrogens with zero attached hydrogens (tertiary/aromatic N) is 4. The van der Waals surface area contributed by atoms with E-state index in [0.717, 1.165) is 61.9 Å². The highest BCUT2D eigenvalue weighted by atomic mass is 35.5. The molecule has 0 radical (unpaired) electrons. The van der Waals surface area contributed by atoms with Crippen molar-refractivity contribution in [3.8, 4) is 0 Å². The molecule has 2 aromatic rings. The average Bonchev–Trinajstić information content (AvgIpc) is 3.51. The first-order chi connectivity index (χ1) is 13.5. The second kappa shape index (κ2) is 8.05. The van der Waals surface area contributed by atoms with Crippen molar-refractivity contribution in [2.75, 3.05) is 42.9 Å². The van der Waals surface area contributed by atoms with Crippen LogP contribution < -0.4 is 10.2 Å². The van der Waals surface area contributed by atoms with E-state index in [9.17, 15) is 4.79 Å². The molecule has 1 saturated carbocycles. The summed E-state index contributed by atoms with van der Waals surface area (Å²) in [5.41, 5.74) is 3.19. The summed E-state index contributed by atoms with van der Waals surface area (Å²) in [6, 6.07) is 7.82. The molecular weight excluding hydrogens is 374 g/mol. The normalized spacial score (nSPS) is 17.6. The maximum atomic E-state index is 12.5. The van der Waals surface area contributed by atoms with E-state index in [1.165, 1.54) is 5.56 Å². The lowest BCUT2D eigenvalue weighted by atomic mass is 10.1. The fourth-order valence-corrected chi connectivity index (χ4v) is 3.71. The van der Waals surface area contributed by atoms with Gasteiger partial charge in [0, 0.05) is 43.9 Å². The fraction of sp³-hybridized carbons (Fsp3) is 0.476. The summed E-state index contributed by atoms with van der Waals surface area (Å²) >= 11 is 6.20. The minimum Gasteiger partial charge on any atom is -0.354 e. The lowest BCUT2D eigenvalue weighted by molar-refractivity contribution is -0.117. The molecule has 148 valence electrons. The Morgan fingerprint density at radius 3 is 2.64 bits per heavy atom. The third kappa shape index (κ3) is 4.45. The molecule has 6 nitrogen and oxygen atoms in total. The Labute approximate surface area is 170 Å². The van der Waals surface area contributed by atoms with Gasteiger partial charge < -0.3 is 10.2 Å². The van der Waals surface area contributed by atoms with Crippen LogP contribution in [0.4, 0.5) is 11.5 Å². The number of piperazine rings is 1. The molecule has 7 heteroatoms. The number of aryl methyl sites for hydroxylation is 1. The Morgan fingerprint density at radius 2 is 1.93 bits per heavy atom. The molecule has 1 aliphatic heterocycles. The lowest BCUT2D eigenvalue weighted by Gasteiger charge is -2.35. The van der Waals surface area contributed by atoms with Crippen LogP contribution in [-0.4, -0.2) is 53.5 Å². The van der Waals surface area contributed by atoms with Crippen LogP contribution >= 0.6 is 11.6 Å². The minimum absolute atomic E-state index is 0.0308. The topological polar surface area (TPSA) is 61.4 Å². The third-order valence-electron chi connectivity index (χ3n) is 5.58. The third-order valence-corrected chi connectivity index (χ3v) is 5.78. The molecule has 1 saturated heterocycles. The lowest BCUT2D eigenvalue weighted by Crippen LogP contribution is -2.49. The van der Waals surface area contributed by atoms with Gasteiger partial charge in [-0.3, -0.25) is 9.69 Å². The molecule has 1 aromatic heterocycles. The number of halogens is 1. The van der Waals surface area contributed by atoms with E-state index < -0.39 is 0 Å². The van der Waals surface area contributed by atoms with E-state index >= 15 is 0 Å². The fourth-order valence-electron chi connectivity index (χ4n) is 3.52. The van der Waals surface area contributed by atoms with Crippen LogP contribution in [0.15, 0.2) is 24.3 Å². The molecule has 4 rings (SSSR count). The molecule has 1 aliphatic carbocycles. The average molecular weight is 400 g/mol. The first-order valence-electron chi connectivity index (χ1n) is 9.87. The zero-order valence-corrected chi connectivity index (χ0v) is 17.2. The van der Waals surface area contributed by atoms with E-state index in [-0.39, 0.29) is 5.91 Å². The van der Waals surface area contributed by atoms with Crippen LogP contribution in [-0.2, 0) is 4.79 Å². The molecule has 1 aromatic carbocycles. The maximum Gasteiger partial charge on any atom is 0.238 e. The van der Waals surface area contributed by atoms with Gasteiger partial charge in [0.2, 0.25) is 5.91 Å². The quantitative estimate of drug-likeness (QED) is 0.781. The number of amides is 1. The molecule has 2 aliphatic rings. The number of aromatic nitrogens is 2. The second-order valence-corrected chi connectivity index (χ2v) is 8.13. The van der Waals surface area contributed by atoms with Gasteiger partial charge in [-0.25, -0.2) is 9.97 Å². The summed E-state index contributed by atoms with van der Waals surface area (Å²) in [5.74, 6) is 2.29. The number of hydrogen-bond donors (Lipinski definition) is 1. The van der Waals surface area contributed by atoms with Crippen molar-refractivity contribution in [2.24, 2.45) is 0 Å². The van der Waals surface area contributed by atoms with E-state index in [0.29, 0.717) is 17.6 Å². The van der Waals surface area contributed by atoms with Crippen LogP contribution in [0, 0.1) is 13.8 Å². The van der Waals surface area contributed by atoms with Crippen molar-refractivity contribution in [3.05, 3.63) is 46.4 Å². The first kappa shape index (κ1) is 19.2. The molecule has 0 bridgehead atoms. The van der Waals surface area contributed by atoms with Crippen molar-refractivity contribution in [3.63, 3.8) is 0 Å².